The van der Waals surface area contributed by atoms with Crippen LogP contribution in [0.25, 0.3) is 0 Å². The molecule has 1 saturated heterocycles. The van der Waals surface area contributed by atoms with E-state index in [1.807, 2.05) is 11.0 Å². The Morgan fingerprint density at radius 2 is 2.40 bits per heavy atom. The molecule has 1 aliphatic rings. The summed E-state index contributed by atoms with van der Waals surface area (Å²) in [6, 6.07) is 6.49. The number of carbonyl (C=O) groups is 1. The van der Waals surface area contributed by atoms with E-state index in [2.05, 4.69) is 12.2 Å². The molecule has 110 valence electrons. The Balaban J connectivity index is 2.07. The molecule has 2 rings (SSSR count). The van der Waals surface area contributed by atoms with Gasteiger partial charge in [0, 0.05) is 19.6 Å². The minimum atomic E-state index is -0.249. The first kappa shape index (κ1) is 15.3. The number of halogens is 1. The highest BCUT2D eigenvalue weighted by Gasteiger charge is 2.27. The topological polar surface area (TPSA) is 32.3 Å². The van der Waals surface area contributed by atoms with Crippen molar-refractivity contribution in [2.75, 3.05) is 31.1 Å². The molecule has 1 unspecified atom stereocenters. The van der Waals surface area contributed by atoms with Crippen molar-refractivity contribution in [3.63, 3.8) is 0 Å². The Hall–Kier alpha value is -1.07. The second-order valence-electron chi connectivity index (χ2n) is 4.91. The Kier molecular flexibility index (Phi) is 5.86. The van der Waals surface area contributed by atoms with Crippen LogP contribution in [0.3, 0.4) is 0 Å². The predicted octanol–water partition coefficient (Wildman–Crippen LogP) is 2.44. The van der Waals surface area contributed by atoms with Crippen LogP contribution in [0.2, 0.25) is 0 Å². The number of benzene rings is 1. The van der Waals surface area contributed by atoms with E-state index in [0.29, 0.717) is 18.8 Å². The van der Waals surface area contributed by atoms with Crippen LogP contribution in [0.4, 0.5) is 4.39 Å². The lowest BCUT2D eigenvalue weighted by molar-refractivity contribution is -0.131. The molecule has 5 heteroatoms. The fourth-order valence-corrected chi connectivity index (χ4v) is 3.17. The molecular weight excluding hydrogens is 275 g/mol. The molecule has 0 saturated carbocycles. The number of piperazine rings is 1. The van der Waals surface area contributed by atoms with Crippen LogP contribution in [0.5, 0.6) is 0 Å². The van der Waals surface area contributed by atoms with E-state index < -0.39 is 0 Å². The van der Waals surface area contributed by atoms with Crippen LogP contribution in [-0.4, -0.2) is 41.9 Å². The van der Waals surface area contributed by atoms with Gasteiger partial charge in [0.1, 0.15) is 5.82 Å². The maximum Gasteiger partial charge on any atom is 0.233 e. The first-order chi connectivity index (χ1) is 9.72. The average Bonchev–Trinajstić information content (AvgIpc) is 2.47. The fraction of sp³-hybridized carbons (Fsp3) is 0.533. The van der Waals surface area contributed by atoms with Gasteiger partial charge < -0.3 is 10.2 Å². The number of nitrogens with one attached hydrogen (secondary N) is 1. The van der Waals surface area contributed by atoms with Gasteiger partial charge in [0.25, 0.3) is 0 Å². The number of carbonyl (C=O) groups excluding carboxylic acids is 1. The standard InChI is InChI=1S/C15H21FN2OS/c1-2-8-20-11-15(19)18-7-6-17-10-14(18)12-4-3-5-13(16)9-12/h3-5,9,14,17H,2,6-8,10-11H2,1H3. The van der Waals surface area contributed by atoms with Crippen molar-refractivity contribution in [1.82, 2.24) is 10.2 Å². The Bertz CT molecular complexity index is 455. The summed E-state index contributed by atoms with van der Waals surface area (Å²) in [5.74, 6) is 1.42. The largest absolute Gasteiger partial charge is 0.332 e. The molecule has 0 bridgehead atoms. The van der Waals surface area contributed by atoms with Gasteiger partial charge >= 0.3 is 0 Å². The number of nitrogens with zero attached hydrogens (tertiary/aromatic N) is 1. The van der Waals surface area contributed by atoms with Gasteiger partial charge in [-0.25, -0.2) is 4.39 Å². The molecule has 1 amide bonds. The van der Waals surface area contributed by atoms with E-state index in [-0.39, 0.29) is 17.8 Å². The van der Waals surface area contributed by atoms with Gasteiger partial charge in [-0.1, -0.05) is 19.1 Å². The number of amides is 1. The van der Waals surface area contributed by atoms with Gasteiger partial charge in [-0.2, -0.15) is 11.8 Å². The minimum absolute atomic E-state index is 0.0609. The number of rotatable bonds is 5. The number of hydrogen-bond acceptors (Lipinski definition) is 3. The van der Waals surface area contributed by atoms with Crippen molar-refractivity contribution in [2.24, 2.45) is 0 Å². The van der Waals surface area contributed by atoms with Crippen LogP contribution < -0.4 is 5.32 Å². The van der Waals surface area contributed by atoms with Crippen LogP contribution in [0.15, 0.2) is 24.3 Å². The first-order valence-electron chi connectivity index (χ1n) is 7.05. The Labute approximate surface area is 123 Å². The predicted molar refractivity (Wildman–Crippen MR) is 81.3 cm³/mol. The van der Waals surface area contributed by atoms with Crippen molar-refractivity contribution in [3.8, 4) is 0 Å². The molecule has 20 heavy (non-hydrogen) atoms. The number of hydrogen-bond donors (Lipinski definition) is 1. The van der Waals surface area contributed by atoms with E-state index >= 15 is 0 Å². The molecule has 1 heterocycles. The van der Waals surface area contributed by atoms with Crippen molar-refractivity contribution in [3.05, 3.63) is 35.6 Å². The maximum atomic E-state index is 13.4. The second kappa shape index (κ2) is 7.64. The van der Waals surface area contributed by atoms with E-state index in [9.17, 15) is 9.18 Å². The van der Waals surface area contributed by atoms with Gasteiger partial charge in [0.15, 0.2) is 0 Å². The van der Waals surface area contributed by atoms with Gasteiger partial charge in [0.05, 0.1) is 11.8 Å². The second-order valence-corrected chi connectivity index (χ2v) is 6.02. The summed E-state index contributed by atoms with van der Waals surface area (Å²) >= 11 is 1.67. The third kappa shape index (κ3) is 3.96. The summed E-state index contributed by atoms with van der Waals surface area (Å²) in [5.41, 5.74) is 0.867. The lowest BCUT2D eigenvalue weighted by Crippen LogP contribution is -2.49. The molecule has 1 aromatic rings. The van der Waals surface area contributed by atoms with Crippen LogP contribution in [0.1, 0.15) is 24.9 Å². The van der Waals surface area contributed by atoms with Crippen LogP contribution >= 0.6 is 11.8 Å². The average molecular weight is 296 g/mol. The van der Waals surface area contributed by atoms with E-state index in [1.54, 1.807) is 17.8 Å². The molecule has 1 N–H and O–H groups in total. The molecular formula is C15H21FN2OS. The SMILES string of the molecule is CCCSCC(=O)N1CCNCC1c1cccc(F)c1. The zero-order chi connectivity index (χ0) is 14.4. The van der Waals surface area contributed by atoms with Gasteiger partial charge in [-0.05, 0) is 29.9 Å². The van der Waals surface area contributed by atoms with Crippen LogP contribution in [0, 0.1) is 5.82 Å². The molecule has 1 fully saturated rings. The summed E-state index contributed by atoms with van der Waals surface area (Å²) < 4.78 is 13.4. The Morgan fingerprint density at radius 1 is 1.55 bits per heavy atom. The lowest BCUT2D eigenvalue weighted by atomic mass is 10.0. The van der Waals surface area contributed by atoms with E-state index in [4.69, 9.17) is 0 Å². The van der Waals surface area contributed by atoms with Crippen molar-refractivity contribution in [2.45, 2.75) is 19.4 Å². The van der Waals surface area contributed by atoms with Gasteiger partial charge in [0.2, 0.25) is 5.91 Å². The normalized spacial score (nSPS) is 19.1. The third-order valence-corrected chi connectivity index (χ3v) is 4.52. The summed E-state index contributed by atoms with van der Waals surface area (Å²) in [5, 5.41) is 3.28. The third-order valence-electron chi connectivity index (χ3n) is 3.37. The smallest absolute Gasteiger partial charge is 0.233 e. The highest BCUT2D eigenvalue weighted by atomic mass is 32.2. The molecule has 3 nitrogen and oxygen atoms in total. The fourth-order valence-electron chi connectivity index (χ4n) is 2.40. The Morgan fingerprint density at radius 3 is 3.15 bits per heavy atom. The summed E-state index contributed by atoms with van der Waals surface area (Å²) in [6.45, 7) is 4.29. The van der Waals surface area contributed by atoms with E-state index in [1.165, 1.54) is 12.1 Å². The monoisotopic (exact) mass is 296 g/mol. The molecule has 1 atom stereocenters. The lowest BCUT2D eigenvalue weighted by Gasteiger charge is -2.36. The zero-order valence-electron chi connectivity index (χ0n) is 11.8. The summed E-state index contributed by atoms with van der Waals surface area (Å²) in [7, 11) is 0. The maximum absolute atomic E-state index is 13.4. The van der Waals surface area contributed by atoms with E-state index in [0.717, 1.165) is 24.3 Å². The first-order valence-corrected chi connectivity index (χ1v) is 8.21. The molecule has 0 aromatic heterocycles. The van der Waals surface area contributed by atoms with Gasteiger partial charge in [-0.15, -0.1) is 0 Å². The summed E-state index contributed by atoms with van der Waals surface area (Å²) in [4.78, 5) is 14.2. The minimum Gasteiger partial charge on any atom is -0.332 e. The molecule has 1 aliphatic heterocycles. The van der Waals surface area contributed by atoms with Gasteiger partial charge in [-0.3, -0.25) is 4.79 Å². The quantitative estimate of drug-likeness (QED) is 0.847. The molecule has 1 aromatic carbocycles. The zero-order valence-corrected chi connectivity index (χ0v) is 12.6. The van der Waals surface area contributed by atoms with Crippen molar-refractivity contribution >= 4 is 17.7 Å². The van der Waals surface area contributed by atoms with Crippen LogP contribution in [-0.2, 0) is 4.79 Å². The molecule has 0 aliphatic carbocycles. The highest BCUT2D eigenvalue weighted by molar-refractivity contribution is 7.99. The van der Waals surface area contributed by atoms with Crippen molar-refractivity contribution in [1.29, 1.82) is 0 Å². The highest BCUT2D eigenvalue weighted by Crippen LogP contribution is 2.23. The molecule has 0 spiro atoms. The number of thioether (sulfide) groups is 1. The van der Waals surface area contributed by atoms with Crippen molar-refractivity contribution < 1.29 is 9.18 Å². The summed E-state index contributed by atoms with van der Waals surface area (Å²) in [6.07, 6.45) is 1.08. The molecule has 0 radical (unpaired) electrons.